The summed E-state index contributed by atoms with van der Waals surface area (Å²) in [7, 11) is 0. The van der Waals surface area contributed by atoms with Crippen LogP contribution in [0, 0.1) is 5.92 Å². The van der Waals surface area contributed by atoms with Gasteiger partial charge in [0.2, 0.25) is 0 Å². The van der Waals surface area contributed by atoms with Crippen LogP contribution < -0.4 is 0 Å². The molecule has 3 nitrogen and oxygen atoms in total. The molecule has 14 heavy (non-hydrogen) atoms. The van der Waals surface area contributed by atoms with Gasteiger partial charge in [0.05, 0.1) is 11.5 Å². The maximum Gasteiger partial charge on any atom is 0.308 e. The van der Waals surface area contributed by atoms with Gasteiger partial charge in [-0.15, -0.1) is 0 Å². The maximum absolute atomic E-state index is 11.4. The maximum atomic E-state index is 11.4. The number of esters is 1. The zero-order valence-electron chi connectivity index (χ0n) is 9.25. The molecule has 0 radical (unpaired) electrons. The second kappa shape index (κ2) is 4.30. The lowest BCUT2D eigenvalue weighted by Crippen LogP contribution is -2.24. The van der Waals surface area contributed by atoms with Gasteiger partial charge in [0, 0.05) is 6.42 Å². The summed E-state index contributed by atoms with van der Waals surface area (Å²) in [4.78, 5) is 11.4. The lowest BCUT2D eigenvalue weighted by Gasteiger charge is -2.17. The van der Waals surface area contributed by atoms with Crippen LogP contribution in [0.25, 0.3) is 0 Å². The highest BCUT2D eigenvalue weighted by Gasteiger charge is 2.35. The molecule has 0 amide bonds. The van der Waals surface area contributed by atoms with Crippen LogP contribution in [0.2, 0.25) is 0 Å². The number of aliphatic hydroxyl groups is 1. The number of hydrogen-bond donors (Lipinski definition) is 1. The van der Waals surface area contributed by atoms with Crippen LogP contribution in [0.5, 0.6) is 0 Å². The number of hydrogen-bond acceptors (Lipinski definition) is 3. The fourth-order valence-electron chi connectivity index (χ4n) is 1.71. The second-order valence-electron chi connectivity index (χ2n) is 4.61. The molecular formula is C11H20O3. The van der Waals surface area contributed by atoms with E-state index < -0.39 is 5.60 Å². The Morgan fingerprint density at radius 1 is 1.71 bits per heavy atom. The van der Waals surface area contributed by atoms with Crippen molar-refractivity contribution < 1.29 is 14.6 Å². The average Bonchev–Trinajstić information content (AvgIpc) is 2.44. The molecule has 0 aromatic rings. The van der Waals surface area contributed by atoms with E-state index in [1.165, 1.54) is 0 Å². The van der Waals surface area contributed by atoms with Gasteiger partial charge in [-0.1, -0.05) is 13.8 Å². The van der Waals surface area contributed by atoms with Crippen LogP contribution >= 0.6 is 0 Å². The fourth-order valence-corrected chi connectivity index (χ4v) is 1.71. The molecule has 0 saturated heterocycles. The van der Waals surface area contributed by atoms with Crippen molar-refractivity contribution in [2.45, 2.75) is 58.2 Å². The predicted molar refractivity (Wildman–Crippen MR) is 53.8 cm³/mol. The third kappa shape index (κ3) is 2.98. The minimum Gasteiger partial charge on any atom is -0.462 e. The molecule has 0 bridgehead atoms. The topological polar surface area (TPSA) is 46.5 Å². The summed E-state index contributed by atoms with van der Waals surface area (Å²) in [5.41, 5.74) is -0.638. The van der Waals surface area contributed by atoms with Gasteiger partial charge in [0.15, 0.2) is 0 Å². The number of ether oxygens (including phenoxy) is 1. The lowest BCUT2D eigenvalue weighted by atomic mass is 10.1. The van der Waals surface area contributed by atoms with E-state index >= 15 is 0 Å². The molecule has 82 valence electrons. The monoisotopic (exact) mass is 200 g/mol. The molecule has 1 rings (SSSR count). The van der Waals surface area contributed by atoms with E-state index in [2.05, 4.69) is 0 Å². The van der Waals surface area contributed by atoms with E-state index in [9.17, 15) is 9.90 Å². The molecule has 3 atom stereocenters. The van der Waals surface area contributed by atoms with Crippen molar-refractivity contribution in [1.29, 1.82) is 0 Å². The van der Waals surface area contributed by atoms with Crippen molar-refractivity contribution in [2.24, 2.45) is 5.92 Å². The summed E-state index contributed by atoms with van der Waals surface area (Å²) >= 11 is 0. The zero-order valence-corrected chi connectivity index (χ0v) is 9.25. The average molecular weight is 200 g/mol. The zero-order chi connectivity index (χ0) is 10.8. The van der Waals surface area contributed by atoms with Crippen molar-refractivity contribution in [2.75, 3.05) is 0 Å². The Morgan fingerprint density at radius 2 is 2.36 bits per heavy atom. The van der Waals surface area contributed by atoms with Crippen LogP contribution in [-0.2, 0) is 9.53 Å². The number of carbonyl (C=O) groups excluding carboxylic acids is 1. The minimum absolute atomic E-state index is 0.0273. The Kier molecular flexibility index (Phi) is 3.53. The van der Waals surface area contributed by atoms with Gasteiger partial charge in [0.25, 0.3) is 0 Å². The fraction of sp³-hybridized carbons (Fsp3) is 0.909. The molecule has 0 spiro atoms. The first kappa shape index (κ1) is 11.5. The van der Waals surface area contributed by atoms with Crippen molar-refractivity contribution in [3.63, 3.8) is 0 Å². The van der Waals surface area contributed by atoms with Gasteiger partial charge in [-0.25, -0.2) is 0 Å². The molecule has 0 aromatic heterocycles. The van der Waals surface area contributed by atoms with Crippen LogP contribution in [0.15, 0.2) is 0 Å². The molecule has 1 aliphatic rings. The predicted octanol–water partition coefficient (Wildman–Crippen LogP) is 1.88. The SMILES string of the molecule is CCC(C)C(=O)OC1CCC(C)(O)C1. The van der Waals surface area contributed by atoms with Gasteiger partial charge in [-0.3, -0.25) is 4.79 Å². The largest absolute Gasteiger partial charge is 0.462 e. The normalized spacial score (nSPS) is 34.1. The van der Waals surface area contributed by atoms with E-state index in [1.54, 1.807) is 6.92 Å². The molecule has 3 unspecified atom stereocenters. The summed E-state index contributed by atoms with van der Waals surface area (Å²) in [6, 6.07) is 0. The van der Waals surface area contributed by atoms with Gasteiger partial charge in [0.1, 0.15) is 6.10 Å². The van der Waals surface area contributed by atoms with Crippen molar-refractivity contribution in [3.05, 3.63) is 0 Å². The van der Waals surface area contributed by atoms with Crippen LogP contribution in [-0.4, -0.2) is 22.8 Å². The van der Waals surface area contributed by atoms with E-state index in [4.69, 9.17) is 4.74 Å². The van der Waals surface area contributed by atoms with E-state index in [0.29, 0.717) is 6.42 Å². The minimum atomic E-state index is -0.638. The Labute approximate surface area is 85.5 Å². The smallest absolute Gasteiger partial charge is 0.308 e. The molecule has 1 N–H and O–H groups in total. The highest BCUT2D eigenvalue weighted by Crippen LogP contribution is 2.31. The van der Waals surface area contributed by atoms with Crippen LogP contribution in [0.4, 0.5) is 0 Å². The van der Waals surface area contributed by atoms with Crippen LogP contribution in [0.1, 0.15) is 46.5 Å². The molecular weight excluding hydrogens is 180 g/mol. The quantitative estimate of drug-likeness (QED) is 0.707. The third-order valence-corrected chi connectivity index (χ3v) is 2.97. The van der Waals surface area contributed by atoms with Gasteiger partial charge in [-0.2, -0.15) is 0 Å². The third-order valence-electron chi connectivity index (χ3n) is 2.97. The van der Waals surface area contributed by atoms with Gasteiger partial charge in [-0.05, 0) is 26.2 Å². The van der Waals surface area contributed by atoms with E-state index in [0.717, 1.165) is 19.3 Å². The molecule has 0 aliphatic heterocycles. The Balaban J connectivity index is 2.36. The lowest BCUT2D eigenvalue weighted by molar-refractivity contribution is -0.153. The summed E-state index contributed by atoms with van der Waals surface area (Å²) in [5, 5.41) is 9.68. The Hall–Kier alpha value is -0.570. The highest BCUT2D eigenvalue weighted by atomic mass is 16.5. The van der Waals surface area contributed by atoms with E-state index in [-0.39, 0.29) is 18.0 Å². The summed E-state index contributed by atoms with van der Waals surface area (Å²) in [6.07, 6.45) is 2.82. The van der Waals surface area contributed by atoms with Crippen molar-refractivity contribution >= 4 is 5.97 Å². The number of rotatable bonds is 3. The molecule has 1 fully saturated rings. The van der Waals surface area contributed by atoms with Crippen molar-refractivity contribution in [3.8, 4) is 0 Å². The Morgan fingerprint density at radius 3 is 2.79 bits per heavy atom. The first-order valence-corrected chi connectivity index (χ1v) is 5.37. The first-order valence-electron chi connectivity index (χ1n) is 5.37. The highest BCUT2D eigenvalue weighted by molar-refractivity contribution is 5.72. The molecule has 3 heteroatoms. The van der Waals surface area contributed by atoms with Gasteiger partial charge < -0.3 is 9.84 Å². The first-order chi connectivity index (χ1) is 6.44. The van der Waals surface area contributed by atoms with E-state index in [1.807, 2.05) is 13.8 Å². The molecule has 0 heterocycles. The standard InChI is InChI=1S/C11H20O3/c1-4-8(2)10(12)14-9-5-6-11(3,13)7-9/h8-9,13H,4-7H2,1-3H3. The molecule has 1 aliphatic carbocycles. The molecule has 1 saturated carbocycles. The Bertz CT molecular complexity index is 211. The summed E-state index contributed by atoms with van der Waals surface area (Å²) in [6.45, 7) is 5.64. The summed E-state index contributed by atoms with van der Waals surface area (Å²) < 4.78 is 5.30. The van der Waals surface area contributed by atoms with Gasteiger partial charge >= 0.3 is 5.97 Å². The number of carbonyl (C=O) groups is 1. The summed E-state index contributed by atoms with van der Waals surface area (Å²) in [5.74, 6) is -0.157. The van der Waals surface area contributed by atoms with Crippen LogP contribution in [0.3, 0.4) is 0 Å². The van der Waals surface area contributed by atoms with Crippen molar-refractivity contribution in [1.82, 2.24) is 0 Å². The second-order valence-corrected chi connectivity index (χ2v) is 4.61. The molecule has 0 aromatic carbocycles.